The van der Waals surface area contributed by atoms with Crippen LogP contribution < -0.4 is 10.6 Å². The molecule has 0 spiro atoms. The minimum atomic E-state index is -0.438. The van der Waals surface area contributed by atoms with Gasteiger partial charge in [-0.1, -0.05) is 23.8 Å². The number of pyridine rings is 1. The Kier molecular flexibility index (Phi) is 5.70. The molecule has 6 nitrogen and oxygen atoms in total. The van der Waals surface area contributed by atoms with Gasteiger partial charge in [-0.3, -0.25) is 9.59 Å². The molecule has 0 atom stereocenters. The molecule has 2 amide bonds. The van der Waals surface area contributed by atoms with Crippen LogP contribution in [0, 0.1) is 32.1 Å². The van der Waals surface area contributed by atoms with E-state index in [1.807, 2.05) is 39.0 Å². The van der Waals surface area contributed by atoms with Crippen LogP contribution >= 0.6 is 0 Å². The molecule has 1 aromatic heterocycles. The van der Waals surface area contributed by atoms with E-state index >= 15 is 0 Å². The number of benzene rings is 2. The van der Waals surface area contributed by atoms with Gasteiger partial charge >= 0.3 is 0 Å². The topological polar surface area (TPSA) is 94.9 Å². The van der Waals surface area contributed by atoms with Crippen molar-refractivity contribution >= 4 is 23.2 Å². The van der Waals surface area contributed by atoms with Crippen LogP contribution in [-0.4, -0.2) is 16.8 Å². The number of hydrogen-bond acceptors (Lipinski definition) is 4. The number of carbonyl (C=O) groups excluding carboxylic acids is 2. The van der Waals surface area contributed by atoms with E-state index in [2.05, 4.69) is 15.6 Å². The van der Waals surface area contributed by atoms with Crippen LogP contribution in [0.4, 0.5) is 11.4 Å². The molecule has 144 valence electrons. The molecule has 0 bridgehead atoms. The molecule has 3 aromatic rings. The molecule has 0 radical (unpaired) electrons. The standard InChI is InChI=1S/C23H20N4O2/c1-14-11-15(2)21(16(3)12-14)27-23(29)20-6-4-5-19(26-20)22(28)25-18-9-7-17(13-24)8-10-18/h4-12H,1-3H3,(H,25,28)(H,27,29). The minimum absolute atomic E-state index is 0.124. The number of rotatable bonds is 4. The van der Waals surface area contributed by atoms with E-state index in [9.17, 15) is 9.59 Å². The molecule has 3 rings (SSSR count). The fourth-order valence-electron chi connectivity index (χ4n) is 3.07. The largest absolute Gasteiger partial charge is 0.321 e. The monoisotopic (exact) mass is 384 g/mol. The molecule has 0 saturated heterocycles. The smallest absolute Gasteiger partial charge is 0.274 e. The molecule has 0 aliphatic rings. The second-order valence-corrected chi connectivity index (χ2v) is 6.78. The van der Waals surface area contributed by atoms with Crippen molar-refractivity contribution in [3.05, 3.63) is 88.2 Å². The average Bonchev–Trinajstić information content (AvgIpc) is 2.71. The first-order chi connectivity index (χ1) is 13.9. The molecular weight excluding hydrogens is 364 g/mol. The highest BCUT2D eigenvalue weighted by Gasteiger charge is 2.15. The van der Waals surface area contributed by atoms with Gasteiger partial charge in [-0.25, -0.2) is 4.98 Å². The first-order valence-electron chi connectivity index (χ1n) is 9.05. The third-order valence-electron chi connectivity index (χ3n) is 4.40. The number of amides is 2. The zero-order valence-electron chi connectivity index (χ0n) is 16.4. The maximum Gasteiger partial charge on any atom is 0.274 e. The second kappa shape index (κ2) is 8.36. The van der Waals surface area contributed by atoms with Gasteiger partial charge in [0.2, 0.25) is 0 Å². The lowest BCUT2D eigenvalue weighted by molar-refractivity contribution is 0.101. The highest BCUT2D eigenvalue weighted by atomic mass is 16.2. The Labute approximate surface area is 169 Å². The fourth-order valence-corrected chi connectivity index (χ4v) is 3.07. The second-order valence-electron chi connectivity index (χ2n) is 6.78. The summed E-state index contributed by atoms with van der Waals surface area (Å²) in [6.07, 6.45) is 0. The van der Waals surface area contributed by atoms with Crippen LogP contribution in [0.3, 0.4) is 0 Å². The Morgan fingerprint density at radius 3 is 1.97 bits per heavy atom. The molecule has 0 saturated carbocycles. The summed E-state index contributed by atoms with van der Waals surface area (Å²) in [5.74, 6) is -0.819. The highest BCUT2D eigenvalue weighted by Crippen LogP contribution is 2.22. The van der Waals surface area contributed by atoms with Gasteiger partial charge in [0.25, 0.3) is 11.8 Å². The first kappa shape index (κ1) is 19.8. The zero-order chi connectivity index (χ0) is 21.0. The Hall–Kier alpha value is -3.98. The normalized spacial score (nSPS) is 10.1. The molecule has 0 aliphatic heterocycles. The van der Waals surface area contributed by atoms with E-state index in [-0.39, 0.29) is 17.3 Å². The zero-order valence-corrected chi connectivity index (χ0v) is 16.4. The van der Waals surface area contributed by atoms with Crippen molar-refractivity contribution in [2.45, 2.75) is 20.8 Å². The lowest BCUT2D eigenvalue weighted by Gasteiger charge is -2.13. The van der Waals surface area contributed by atoms with Crippen LogP contribution in [-0.2, 0) is 0 Å². The van der Waals surface area contributed by atoms with E-state index in [4.69, 9.17) is 5.26 Å². The summed E-state index contributed by atoms with van der Waals surface area (Å²) < 4.78 is 0. The first-order valence-corrected chi connectivity index (χ1v) is 9.05. The predicted octanol–water partition coefficient (Wildman–Crippen LogP) is 4.38. The summed E-state index contributed by atoms with van der Waals surface area (Å²) >= 11 is 0. The van der Waals surface area contributed by atoms with Crippen molar-refractivity contribution in [3.8, 4) is 6.07 Å². The van der Waals surface area contributed by atoms with Crippen molar-refractivity contribution < 1.29 is 9.59 Å². The Balaban J connectivity index is 1.77. The summed E-state index contributed by atoms with van der Waals surface area (Å²) in [4.78, 5) is 29.3. The molecule has 0 fully saturated rings. The summed E-state index contributed by atoms with van der Waals surface area (Å²) in [7, 11) is 0. The molecule has 1 heterocycles. The summed E-state index contributed by atoms with van der Waals surface area (Å²) in [5.41, 5.74) is 5.11. The lowest BCUT2D eigenvalue weighted by atomic mass is 10.0. The van der Waals surface area contributed by atoms with Gasteiger partial charge < -0.3 is 10.6 Å². The average molecular weight is 384 g/mol. The van der Waals surface area contributed by atoms with E-state index in [0.29, 0.717) is 11.3 Å². The minimum Gasteiger partial charge on any atom is -0.321 e. The Morgan fingerprint density at radius 2 is 1.41 bits per heavy atom. The van der Waals surface area contributed by atoms with Crippen LogP contribution in [0.15, 0.2) is 54.6 Å². The van der Waals surface area contributed by atoms with E-state index in [1.54, 1.807) is 36.4 Å². The molecule has 29 heavy (non-hydrogen) atoms. The van der Waals surface area contributed by atoms with Gasteiger partial charge in [-0.05, 0) is 68.3 Å². The van der Waals surface area contributed by atoms with Gasteiger partial charge in [-0.15, -0.1) is 0 Å². The molecule has 0 aliphatic carbocycles. The maximum absolute atomic E-state index is 12.7. The number of nitriles is 1. The van der Waals surface area contributed by atoms with Crippen LogP contribution in [0.5, 0.6) is 0 Å². The summed E-state index contributed by atoms with van der Waals surface area (Å²) in [5, 5.41) is 14.4. The number of anilines is 2. The lowest BCUT2D eigenvalue weighted by Crippen LogP contribution is -2.19. The van der Waals surface area contributed by atoms with Crippen molar-refractivity contribution in [1.82, 2.24) is 4.98 Å². The van der Waals surface area contributed by atoms with Gasteiger partial charge in [-0.2, -0.15) is 5.26 Å². The number of carbonyl (C=O) groups is 2. The van der Waals surface area contributed by atoms with E-state index in [1.165, 1.54) is 6.07 Å². The van der Waals surface area contributed by atoms with Crippen LogP contribution in [0.1, 0.15) is 43.2 Å². The number of hydrogen-bond donors (Lipinski definition) is 2. The highest BCUT2D eigenvalue weighted by molar-refractivity contribution is 6.06. The number of aryl methyl sites for hydroxylation is 3. The summed E-state index contributed by atoms with van der Waals surface area (Å²) in [6, 6.07) is 17.2. The number of aromatic nitrogens is 1. The van der Waals surface area contributed by atoms with E-state index in [0.717, 1.165) is 22.4 Å². The number of nitrogens with zero attached hydrogens (tertiary/aromatic N) is 2. The van der Waals surface area contributed by atoms with E-state index < -0.39 is 5.91 Å². The van der Waals surface area contributed by atoms with Gasteiger partial charge in [0.05, 0.1) is 11.6 Å². The van der Waals surface area contributed by atoms with Crippen molar-refractivity contribution in [3.63, 3.8) is 0 Å². The predicted molar refractivity (Wildman–Crippen MR) is 112 cm³/mol. The summed E-state index contributed by atoms with van der Waals surface area (Å²) in [6.45, 7) is 5.87. The van der Waals surface area contributed by atoms with Crippen molar-refractivity contribution in [2.24, 2.45) is 0 Å². The third kappa shape index (κ3) is 4.66. The Bertz CT molecular complexity index is 1110. The third-order valence-corrected chi connectivity index (χ3v) is 4.40. The quantitative estimate of drug-likeness (QED) is 0.698. The van der Waals surface area contributed by atoms with Gasteiger partial charge in [0.15, 0.2) is 0 Å². The van der Waals surface area contributed by atoms with Gasteiger partial charge in [0.1, 0.15) is 11.4 Å². The fraction of sp³-hybridized carbons (Fsp3) is 0.130. The molecule has 0 unspecified atom stereocenters. The number of nitrogens with one attached hydrogen (secondary N) is 2. The SMILES string of the molecule is Cc1cc(C)c(NC(=O)c2cccc(C(=O)Nc3ccc(C#N)cc3)n2)c(C)c1. The van der Waals surface area contributed by atoms with Crippen LogP contribution in [0.25, 0.3) is 0 Å². The molecular formula is C23H20N4O2. The Morgan fingerprint density at radius 1 is 0.862 bits per heavy atom. The maximum atomic E-state index is 12.7. The molecule has 2 N–H and O–H groups in total. The van der Waals surface area contributed by atoms with Crippen molar-refractivity contribution in [2.75, 3.05) is 10.6 Å². The molecule has 6 heteroatoms. The van der Waals surface area contributed by atoms with Gasteiger partial charge in [0, 0.05) is 11.4 Å². The molecule has 2 aromatic carbocycles. The van der Waals surface area contributed by atoms with Crippen LogP contribution in [0.2, 0.25) is 0 Å². The van der Waals surface area contributed by atoms with Crippen molar-refractivity contribution in [1.29, 1.82) is 5.26 Å².